The van der Waals surface area contributed by atoms with Gasteiger partial charge in [-0.15, -0.1) is 10.2 Å². The van der Waals surface area contributed by atoms with Crippen LogP contribution in [0.1, 0.15) is 11.4 Å². The molecule has 2 aromatic carbocycles. The van der Waals surface area contributed by atoms with Crippen molar-refractivity contribution >= 4 is 23.2 Å². The SMILES string of the molecule is CO[C@H]1O[C@H](CO)[C@@H](O)[C@H](OCc2cn(-c3ccc(Cl)c(F)c3)nn2)[C@H]1OCc1cn(-c2ccc(Cl)c(F)c2)nn1. The molecule has 0 spiro atoms. The first-order valence-corrected chi connectivity index (χ1v) is 13.0. The average molecular weight is 613 g/mol. The first kappa shape index (κ1) is 29.4. The lowest BCUT2D eigenvalue weighted by Crippen LogP contribution is -2.60. The van der Waals surface area contributed by atoms with Crippen molar-refractivity contribution in [3.05, 3.63) is 81.9 Å². The van der Waals surface area contributed by atoms with Gasteiger partial charge in [0.1, 0.15) is 47.4 Å². The summed E-state index contributed by atoms with van der Waals surface area (Å²) in [6.07, 6.45) is -2.29. The van der Waals surface area contributed by atoms with E-state index in [0.717, 1.165) is 0 Å². The Labute approximate surface area is 241 Å². The zero-order valence-electron chi connectivity index (χ0n) is 21.3. The molecule has 1 saturated heterocycles. The van der Waals surface area contributed by atoms with Crippen molar-refractivity contribution in [1.82, 2.24) is 30.0 Å². The second-order valence-corrected chi connectivity index (χ2v) is 9.82. The molecule has 2 aromatic heterocycles. The fourth-order valence-electron chi connectivity index (χ4n) is 4.20. The molecule has 0 amide bonds. The van der Waals surface area contributed by atoms with Crippen molar-refractivity contribution in [2.75, 3.05) is 13.7 Å². The molecular weight excluding hydrogens is 589 g/mol. The molecule has 5 rings (SSSR count). The number of methoxy groups -OCH3 is 1. The summed E-state index contributed by atoms with van der Waals surface area (Å²) in [5, 5.41) is 36.6. The molecule has 0 unspecified atom stereocenters. The molecule has 1 aliphatic rings. The second kappa shape index (κ2) is 12.8. The lowest BCUT2D eigenvalue weighted by atomic mass is 9.98. The van der Waals surface area contributed by atoms with Gasteiger partial charge in [-0.05, 0) is 24.3 Å². The van der Waals surface area contributed by atoms with Gasteiger partial charge in [0.25, 0.3) is 0 Å². The van der Waals surface area contributed by atoms with Crippen LogP contribution in [0.5, 0.6) is 0 Å². The van der Waals surface area contributed by atoms with E-state index in [4.69, 9.17) is 42.1 Å². The van der Waals surface area contributed by atoms with Crippen LogP contribution in [0.3, 0.4) is 0 Å². The lowest BCUT2D eigenvalue weighted by molar-refractivity contribution is -0.314. The summed E-state index contributed by atoms with van der Waals surface area (Å²) in [5.41, 5.74) is 1.54. The Balaban J connectivity index is 1.29. The predicted octanol–water partition coefficient (Wildman–Crippen LogP) is 2.63. The van der Waals surface area contributed by atoms with E-state index in [1.54, 1.807) is 12.1 Å². The number of hydrogen-bond acceptors (Lipinski definition) is 10. The summed E-state index contributed by atoms with van der Waals surface area (Å²) in [6.45, 7) is -0.721. The largest absolute Gasteiger partial charge is 0.394 e. The standard InChI is InChI=1S/C25H24Cl2F2N6O6/c1-38-25-24(40-12-14-9-35(33-31-14)16-3-5-18(27)20(29)7-16)23(22(37)21(10-36)41-25)39-11-13-8-34(32-30-13)15-2-4-17(26)19(28)6-15/h2-9,21-25,36-37H,10-12H2,1H3/t21-,22-,23+,24-,25+/m1/s1. The first-order valence-electron chi connectivity index (χ1n) is 12.2. The van der Waals surface area contributed by atoms with Crippen LogP contribution in [0, 0.1) is 11.6 Å². The highest BCUT2D eigenvalue weighted by Gasteiger charge is 2.47. The van der Waals surface area contributed by atoms with Crippen molar-refractivity contribution in [3.8, 4) is 11.4 Å². The van der Waals surface area contributed by atoms with Crippen LogP contribution in [-0.4, -0.2) is 84.6 Å². The number of aliphatic hydroxyl groups is 2. The monoisotopic (exact) mass is 612 g/mol. The molecule has 41 heavy (non-hydrogen) atoms. The van der Waals surface area contributed by atoms with Crippen LogP contribution in [0.2, 0.25) is 10.0 Å². The zero-order valence-corrected chi connectivity index (χ0v) is 22.9. The number of ether oxygens (including phenoxy) is 4. The van der Waals surface area contributed by atoms with Gasteiger partial charge in [-0.3, -0.25) is 0 Å². The van der Waals surface area contributed by atoms with Crippen LogP contribution >= 0.6 is 23.2 Å². The maximum Gasteiger partial charge on any atom is 0.186 e. The van der Waals surface area contributed by atoms with Crippen molar-refractivity contribution in [3.63, 3.8) is 0 Å². The minimum Gasteiger partial charge on any atom is -0.394 e. The maximum atomic E-state index is 13.9. The zero-order chi connectivity index (χ0) is 29.1. The number of benzene rings is 2. The van der Waals surface area contributed by atoms with Gasteiger partial charge in [0.15, 0.2) is 6.29 Å². The Kier molecular flexibility index (Phi) is 9.21. The number of aliphatic hydroxyl groups excluding tert-OH is 2. The molecule has 16 heteroatoms. The highest BCUT2D eigenvalue weighted by atomic mass is 35.5. The molecule has 0 radical (unpaired) electrons. The maximum absolute atomic E-state index is 13.9. The van der Waals surface area contributed by atoms with Crippen molar-refractivity contribution in [1.29, 1.82) is 0 Å². The number of halogens is 4. The van der Waals surface area contributed by atoms with Gasteiger partial charge in [0, 0.05) is 19.2 Å². The van der Waals surface area contributed by atoms with E-state index in [2.05, 4.69) is 20.6 Å². The van der Waals surface area contributed by atoms with E-state index in [1.807, 2.05) is 0 Å². The normalized spacial score (nSPS) is 22.8. The molecule has 4 aromatic rings. The van der Waals surface area contributed by atoms with E-state index < -0.39 is 48.9 Å². The Morgan fingerprint density at radius 3 is 1.85 bits per heavy atom. The summed E-state index contributed by atoms with van der Waals surface area (Å²) in [5.74, 6) is -1.21. The molecule has 0 saturated carbocycles. The summed E-state index contributed by atoms with van der Waals surface area (Å²) >= 11 is 11.5. The summed E-state index contributed by atoms with van der Waals surface area (Å²) in [4.78, 5) is 0. The molecule has 1 aliphatic heterocycles. The molecule has 3 heterocycles. The number of nitrogens with zero attached hydrogens (tertiary/aromatic N) is 6. The molecular formula is C25H24Cl2F2N6O6. The van der Waals surface area contributed by atoms with Gasteiger partial charge in [0.05, 0.1) is 53.6 Å². The van der Waals surface area contributed by atoms with Crippen LogP contribution in [0.4, 0.5) is 8.78 Å². The summed E-state index contributed by atoms with van der Waals surface area (Å²) < 4.78 is 53.5. The van der Waals surface area contributed by atoms with Gasteiger partial charge in [-0.1, -0.05) is 33.6 Å². The van der Waals surface area contributed by atoms with E-state index in [1.165, 1.54) is 53.1 Å². The summed E-state index contributed by atoms with van der Waals surface area (Å²) in [7, 11) is 1.38. The fraction of sp³-hybridized carbons (Fsp3) is 0.360. The van der Waals surface area contributed by atoms with Gasteiger partial charge < -0.3 is 29.2 Å². The van der Waals surface area contributed by atoms with Gasteiger partial charge in [-0.25, -0.2) is 18.1 Å². The molecule has 2 N–H and O–H groups in total. The molecule has 1 fully saturated rings. The minimum absolute atomic E-state index is 0.0208. The number of hydrogen-bond donors (Lipinski definition) is 2. The van der Waals surface area contributed by atoms with E-state index in [9.17, 15) is 19.0 Å². The molecule has 218 valence electrons. The lowest BCUT2D eigenvalue weighted by Gasteiger charge is -2.43. The fourth-order valence-corrected chi connectivity index (χ4v) is 4.43. The first-order chi connectivity index (χ1) is 19.8. The average Bonchev–Trinajstić information content (AvgIpc) is 3.64. The highest BCUT2D eigenvalue weighted by Crippen LogP contribution is 2.28. The Morgan fingerprint density at radius 2 is 1.39 bits per heavy atom. The molecule has 0 bridgehead atoms. The van der Waals surface area contributed by atoms with E-state index in [-0.39, 0.29) is 23.3 Å². The van der Waals surface area contributed by atoms with Crippen molar-refractivity contribution < 1.29 is 37.9 Å². The van der Waals surface area contributed by atoms with Crippen LogP contribution in [-0.2, 0) is 32.2 Å². The van der Waals surface area contributed by atoms with Gasteiger partial charge in [-0.2, -0.15) is 0 Å². The second-order valence-electron chi connectivity index (χ2n) is 9.01. The Hall–Kier alpha value is -3.08. The smallest absolute Gasteiger partial charge is 0.186 e. The van der Waals surface area contributed by atoms with Crippen molar-refractivity contribution in [2.45, 2.75) is 43.9 Å². The Morgan fingerprint density at radius 1 is 0.878 bits per heavy atom. The quantitative estimate of drug-likeness (QED) is 0.275. The predicted molar refractivity (Wildman–Crippen MR) is 139 cm³/mol. The molecule has 5 atom stereocenters. The minimum atomic E-state index is -1.30. The molecule has 12 nitrogen and oxygen atoms in total. The van der Waals surface area contributed by atoms with Gasteiger partial charge >= 0.3 is 0 Å². The van der Waals surface area contributed by atoms with Crippen LogP contribution < -0.4 is 0 Å². The third-order valence-corrected chi connectivity index (χ3v) is 6.91. The number of aromatic nitrogens is 6. The highest BCUT2D eigenvalue weighted by molar-refractivity contribution is 6.31. The third-order valence-electron chi connectivity index (χ3n) is 6.30. The van der Waals surface area contributed by atoms with Crippen LogP contribution in [0.25, 0.3) is 11.4 Å². The molecule has 0 aliphatic carbocycles. The van der Waals surface area contributed by atoms with Gasteiger partial charge in [0.2, 0.25) is 0 Å². The van der Waals surface area contributed by atoms with Crippen LogP contribution in [0.15, 0.2) is 48.8 Å². The van der Waals surface area contributed by atoms with E-state index >= 15 is 0 Å². The topological polar surface area (TPSA) is 139 Å². The summed E-state index contributed by atoms with van der Waals surface area (Å²) in [6, 6.07) is 8.38. The number of rotatable bonds is 10. The van der Waals surface area contributed by atoms with Crippen molar-refractivity contribution in [2.24, 2.45) is 0 Å². The van der Waals surface area contributed by atoms with E-state index in [0.29, 0.717) is 22.8 Å². The Bertz CT molecular complexity index is 1490. The third kappa shape index (κ3) is 6.55.